The Hall–Kier alpha value is -0.900. The lowest BCUT2D eigenvalue weighted by molar-refractivity contribution is -0.127. The number of likely N-dealkylation sites (tertiary alicyclic amines) is 1. The van der Waals surface area contributed by atoms with Crippen LogP contribution < -0.4 is 5.73 Å². The molecule has 0 radical (unpaired) electrons. The number of halogens is 1. The second kappa shape index (κ2) is 6.60. The number of piperidine rings is 1. The van der Waals surface area contributed by atoms with Gasteiger partial charge in [-0.2, -0.15) is 0 Å². The number of carbonyl (C=O) groups excluding carboxylic acids is 1. The highest BCUT2D eigenvalue weighted by atomic mass is 19.1. The van der Waals surface area contributed by atoms with Crippen LogP contribution in [0.25, 0.3) is 0 Å². The predicted molar refractivity (Wildman–Crippen MR) is 51.0 cm³/mol. The molecule has 1 heterocycles. The number of hydrogen-bond acceptors (Lipinski definition) is 2. The Morgan fingerprint density at radius 2 is 2.31 bits per heavy atom. The van der Waals surface area contributed by atoms with E-state index in [1.54, 1.807) is 4.90 Å². The quantitative estimate of drug-likeness (QED) is 0.616. The summed E-state index contributed by atoms with van der Waals surface area (Å²) in [6.45, 7) is 4.95. The molecule has 1 aliphatic heterocycles. The zero-order valence-corrected chi connectivity index (χ0v) is 8.00. The lowest BCUT2D eigenvalue weighted by Crippen LogP contribution is -2.45. The van der Waals surface area contributed by atoms with E-state index < -0.39 is 0 Å². The maximum atomic E-state index is 11.1. The fraction of sp³-hybridized carbons (Fsp3) is 0.667. The van der Waals surface area contributed by atoms with Crippen molar-refractivity contribution < 1.29 is 9.18 Å². The number of amides is 1. The van der Waals surface area contributed by atoms with Gasteiger partial charge in [-0.1, -0.05) is 6.58 Å². The van der Waals surface area contributed by atoms with Gasteiger partial charge in [0.1, 0.15) is 0 Å². The molecule has 1 unspecified atom stereocenters. The Morgan fingerprint density at radius 1 is 1.69 bits per heavy atom. The van der Waals surface area contributed by atoms with Gasteiger partial charge in [-0.05, 0) is 18.9 Å². The molecule has 2 N–H and O–H groups in total. The number of nitrogens with two attached hydrogens (primary N) is 1. The predicted octanol–water partition coefficient (Wildman–Crippen LogP) is 0.708. The zero-order valence-electron chi connectivity index (χ0n) is 8.00. The van der Waals surface area contributed by atoms with Crippen molar-refractivity contribution in [2.75, 3.05) is 20.3 Å². The Balaban J connectivity index is 0.000000671. The summed E-state index contributed by atoms with van der Waals surface area (Å²) in [5.41, 5.74) is 5.69. The molecule has 3 nitrogen and oxygen atoms in total. The normalized spacial score (nSPS) is 21.5. The van der Waals surface area contributed by atoms with Crippen molar-refractivity contribution in [2.24, 2.45) is 5.73 Å². The fourth-order valence-corrected chi connectivity index (χ4v) is 1.34. The monoisotopic (exact) mass is 188 g/mol. The minimum Gasteiger partial charge on any atom is -0.338 e. The lowest BCUT2D eigenvalue weighted by Gasteiger charge is -2.29. The first-order chi connectivity index (χ1) is 6.24. The van der Waals surface area contributed by atoms with Crippen LogP contribution in [0.1, 0.15) is 12.8 Å². The fourth-order valence-electron chi connectivity index (χ4n) is 1.34. The SMILES string of the molecule is C=CC(=O)N1CCCC(N)C1.CF. The van der Waals surface area contributed by atoms with E-state index in [9.17, 15) is 9.18 Å². The Kier molecular flexibility index (Phi) is 6.14. The average Bonchev–Trinajstić information content (AvgIpc) is 2.20. The van der Waals surface area contributed by atoms with Crippen LogP contribution in [0.4, 0.5) is 4.39 Å². The largest absolute Gasteiger partial charge is 0.338 e. The summed E-state index contributed by atoms with van der Waals surface area (Å²) < 4.78 is 9.50. The smallest absolute Gasteiger partial charge is 0.246 e. The van der Waals surface area contributed by atoms with E-state index in [0.29, 0.717) is 13.7 Å². The number of nitrogens with zero attached hydrogens (tertiary/aromatic N) is 1. The summed E-state index contributed by atoms with van der Waals surface area (Å²) in [5, 5.41) is 0. The van der Waals surface area contributed by atoms with Gasteiger partial charge in [0.2, 0.25) is 5.91 Å². The topological polar surface area (TPSA) is 46.3 Å². The molecule has 4 heteroatoms. The number of alkyl halides is 1. The molecule has 76 valence electrons. The molecule has 13 heavy (non-hydrogen) atoms. The maximum Gasteiger partial charge on any atom is 0.246 e. The van der Waals surface area contributed by atoms with Gasteiger partial charge in [0, 0.05) is 19.1 Å². The van der Waals surface area contributed by atoms with Crippen molar-refractivity contribution in [3.8, 4) is 0 Å². The van der Waals surface area contributed by atoms with E-state index in [0.717, 1.165) is 19.4 Å². The minimum atomic E-state index is 0.000139. The van der Waals surface area contributed by atoms with Gasteiger partial charge in [-0.15, -0.1) is 0 Å². The van der Waals surface area contributed by atoms with E-state index in [1.165, 1.54) is 6.08 Å². The van der Waals surface area contributed by atoms with Gasteiger partial charge >= 0.3 is 0 Å². The van der Waals surface area contributed by atoms with E-state index >= 15 is 0 Å². The third-order valence-corrected chi connectivity index (χ3v) is 1.94. The first-order valence-corrected chi connectivity index (χ1v) is 4.28. The third kappa shape index (κ3) is 4.03. The molecule has 0 bridgehead atoms. The molecule has 1 fully saturated rings. The van der Waals surface area contributed by atoms with Crippen LogP contribution >= 0.6 is 0 Å². The highest BCUT2D eigenvalue weighted by molar-refractivity contribution is 5.87. The summed E-state index contributed by atoms with van der Waals surface area (Å²) in [6, 6.07) is 0.160. The second-order valence-electron chi connectivity index (χ2n) is 2.89. The van der Waals surface area contributed by atoms with Crippen molar-refractivity contribution in [1.82, 2.24) is 4.90 Å². The van der Waals surface area contributed by atoms with Crippen LogP contribution in [0.15, 0.2) is 12.7 Å². The summed E-state index contributed by atoms with van der Waals surface area (Å²) >= 11 is 0. The van der Waals surface area contributed by atoms with Crippen molar-refractivity contribution in [2.45, 2.75) is 18.9 Å². The van der Waals surface area contributed by atoms with Gasteiger partial charge < -0.3 is 10.6 Å². The first-order valence-electron chi connectivity index (χ1n) is 4.28. The Bertz CT molecular complexity index is 173. The molecule has 1 atom stereocenters. The molecule has 1 amide bonds. The third-order valence-electron chi connectivity index (χ3n) is 1.94. The Morgan fingerprint density at radius 3 is 2.77 bits per heavy atom. The van der Waals surface area contributed by atoms with Crippen LogP contribution in [0.3, 0.4) is 0 Å². The van der Waals surface area contributed by atoms with E-state index in [1.807, 2.05) is 0 Å². The second-order valence-corrected chi connectivity index (χ2v) is 2.89. The van der Waals surface area contributed by atoms with Crippen LogP contribution in [-0.4, -0.2) is 37.1 Å². The molecule has 0 aromatic heterocycles. The highest BCUT2D eigenvalue weighted by Gasteiger charge is 2.18. The van der Waals surface area contributed by atoms with Crippen LogP contribution in [0, 0.1) is 0 Å². The van der Waals surface area contributed by atoms with Gasteiger partial charge in [0.05, 0.1) is 7.18 Å². The summed E-state index contributed by atoms with van der Waals surface area (Å²) in [4.78, 5) is 12.8. The zero-order chi connectivity index (χ0) is 10.3. The number of hydrogen-bond donors (Lipinski definition) is 1. The van der Waals surface area contributed by atoms with Crippen molar-refractivity contribution in [3.05, 3.63) is 12.7 Å². The van der Waals surface area contributed by atoms with E-state index in [4.69, 9.17) is 5.73 Å². The Labute approximate surface area is 78.4 Å². The molecule has 0 aromatic carbocycles. The van der Waals surface area contributed by atoms with Gasteiger partial charge in [0.25, 0.3) is 0 Å². The summed E-state index contributed by atoms with van der Waals surface area (Å²) in [5.74, 6) is 0.000139. The molecule has 1 rings (SSSR count). The standard InChI is InChI=1S/C8H14N2O.CH3F/c1-2-8(11)10-5-3-4-7(9)6-10;1-2/h2,7H,1,3-6,9H2;1H3. The molecule has 0 aromatic rings. The summed E-state index contributed by atoms with van der Waals surface area (Å²) in [7, 11) is 0.500. The minimum absolute atomic E-state index is 0.000139. The van der Waals surface area contributed by atoms with Gasteiger partial charge in [-0.3, -0.25) is 9.18 Å². The summed E-state index contributed by atoms with van der Waals surface area (Å²) in [6.07, 6.45) is 3.39. The van der Waals surface area contributed by atoms with Crippen LogP contribution in [-0.2, 0) is 4.79 Å². The lowest BCUT2D eigenvalue weighted by atomic mass is 10.1. The average molecular weight is 188 g/mol. The number of rotatable bonds is 1. The molecule has 0 aliphatic carbocycles. The van der Waals surface area contributed by atoms with Gasteiger partial charge in [-0.25, -0.2) is 0 Å². The van der Waals surface area contributed by atoms with E-state index in [2.05, 4.69) is 6.58 Å². The molecule has 1 aliphatic rings. The maximum absolute atomic E-state index is 11.1. The molecular weight excluding hydrogens is 171 g/mol. The van der Waals surface area contributed by atoms with E-state index in [-0.39, 0.29) is 11.9 Å². The molecule has 1 saturated heterocycles. The molecule has 0 spiro atoms. The van der Waals surface area contributed by atoms with Crippen molar-refractivity contribution >= 4 is 5.91 Å². The van der Waals surface area contributed by atoms with Crippen molar-refractivity contribution in [3.63, 3.8) is 0 Å². The molecule has 0 saturated carbocycles. The number of carbonyl (C=O) groups is 1. The molecular formula is C9H17FN2O. The van der Waals surface area contributed by atoms with Crippen molar-refractivity contribution in [1.29, 1.82) is 0 Å². The highest BCUT2D eigenvalue weighted by Crippen LogP contribution is 2.07. The first kappa shape index (κ1) is 12.1. The van der Waals surface area contributed by atoms with Crippen LogP contribution in [0.5, 0.6) is 0 Å². The van der Waals surface area contributed by atoms with Crippen LogP contribution in [0.2, 0.25) is 0 Å². The van der Waals surface area contributed by atoms with Gasteiger partial charge in [0.15, 0.2) is 0 Å².